The summed E-state index contributed by atoms with van der Waals surface area (Å²) in [5.74, 6) is 0.863. The summed E-state index contributed by atoms with van der Waals surface area (Å²) in [7, 11) is 0. The maximum atomic E-state index is 5.99. The standard InChI is InChI=1S/C14H22ClNS/c1-3-11-6-4-5-7-12(11)16-10(2)13-8-9-14(15)17-13/h8-12,16H,3-7H2,1-2H3. The van der Waals surface area contributed by atoms with Gasteiger partial charge in [-0.05, 0) is 37.8 Å². The topological polar surface area (TPSA) is 12.0 Å². The van der Waals surface area contributed by atoms with Gasteiger partial charge >= 0.3 is 0 Å². The minimum absolute atomic E-state index is 0.435. The lowest BCUT2D eigenvalue weighted by molar-refractivity contribution is 0.241. The Morgan fingerprint density at radius 3 is 2.82 bits per heavy atom. The molecule has 96 valence electrons. The molecule has 1 nitrogen and oxygen atoms in total. The van der Waals surface area contributed by atoms with Crippen LogP contribution in [0.5, 0.6) is 0 Å². The van der Waals surface area contributed by atoms with Crippen LogP contribution in [0.1, 0.15) is 56.9 Å². The van der Waals surface area contributed by atoms with Crippen molar-refractivity contribution in [3.05, 3.63) is 21.3 Å². The third-order valence-electron chi connectivity index (χ3n) is 3.92. The Balaban J connectivity index is 1.94. The van der Waals surface area contributed by atoms with E-state index in [2.05, 4.69) is 25.2 Å². The van der Waals surface area contributed by atoms with Crippen molar-refractivity contribution >= 4 is 22.9 Å². The van der Waals surface area contributed by atoms with Crippen LogP contribution in [0, 0.1) is 5.92 Å². The van der Waals surface area contributed by atoms with Gasteiger partial charge in [0.1, 0.15) is 0 Å². The van der Waals surface area contributed by atoms with Crippen LogP contribution in [0.25, 0.3) is 0 Å². The summed E-state index contributed by atoms with van der Waals surface area (Å²) in [5, 5.41) is 3.80. The quantitative estimate of drug-likeness (QED) is 0.811. The molecule has 1 aromatic heterocycles. The van der Waals surface area contributed by atoms with Gasteiger partial charge < -0.3 is 5.32 Å². The monoisotopic (exact) mass is 271 g/mol. The van der Waals surface area contributed by atoms with Gasteiger partial charge in [-0.2, -0.15) is 0 Å². The van der Waals surface area contributed by atoms with Crippen LogP contribution in [0.3, 0.4) is 0 Å². The first-order valence-corrected chi connectivity index (χ1v) is 7.91. The molecule has 0 spiro atoms. The molecule has 17 heavy (non-hydrogen) atoms. The Morgan fingerprint density at radius 1 is 1.41 bits per heavy atom. The molecule has 0 aromatic carbocycles. The average Bonchev–Trinajstić information content (AvgIpc) is 2.77. The van der Waals surface area contributed by atoms with Gasteiger partial charge in [0.05, 0.1) is 4.34 Å². The van der Waals surface area contributed by atoms with Crippen molar-refractivity contribution in [3.8, 4) is 0 Å². The maximum absolute atomic E-state index is 5.99. The van der Waals surface area contributed by atoms with Gasteiger partial charge in [-0.25, -0.2) is 0 Å². The normalized spacial score (nSPS) is 27.0. The SMILES string of the molecule is CCC1CCCCC1NC(C)c1ccc(Cl)s1. The van der Waals surface area contributed by atoms with Crippen molar-refractivity contribution in [2.24, 2.45) is 5.92 Å². The lowest BCUT2D eigenvalue weighted by Crippen LogP contribution is -2.39. The molecule has 1 saturated carbocycles. The minimum Gasteiger partial charge on any atom is -0.306 e. The number of thiophene rings is 1. The Hall–Kier alpha value is -0.0500. The van der Waals surface area contributed by atoms with Gasteiger partial charge in [-0.3, -0.25) is 0 Å². The number of halogens is 1. The molecule has 0 saturated heterocycles. The molecule has 3 unspecified atom stereocenters. The van der Waals surface area contributed by atoms with E-state index in [9.17, 15) is 0 Å². The number of rotatable bonds is 4. The zero-order chi connectivity index (χ0) is 12.3. The first kappa shape index (κ1) is 13.4. The van der Waals surface area contributed by atoms with E-state index in [1.807, 2.05) is 6.07 Å². The van der Waals surface area contributed by atoms with E-state index in [1.54, 1.807) is 11.3 Å². The fraction of sp³-hybridized carbons (Fsp3) is 0.714. The molecule has 1 aliphatic carbocycles. The van der Waals surface area contributed by atoms with E-state index >= 15 is 0 Å². The molecule has 1 aliphatic rings. The molecule has 3 heteroatoms. The fourth-order valence-electron chi connectivity index (χ4n) is 2.88. The molecule has 1 N–H and O–H groups in total. The highest BCUT2D eigenvalue weighted by Crippen LogP contribution is 2.31. The predicted molar refractivity (Wildman–Crippen MR) is 76.9 cm³/mol. The minimum atomic E-state index is 0.435. The van der Waals surface area contributed by atoms with E-state index in [1.165, 1.54) is 37.0 Å². The van der Waals surface area contributed by atoms with Crippen molar-refractivity contribution in [3.63, 3.8) is 0 Å². The van der Waals surface area contributed by atoms with Crippen LogP contribution in [0.4, 0.5) is 0 Å². The van der Waals surface area contributed by atoms with Gasteiger partial charge in [-0.15, -0.1) is 11.3 Å². The summed E-state index contributed by atoms with van der Waals surface area (Å²) < 4.78 is 0.893. The Bertz CT molecular complexity index is 350. The average molecular weight is 272 g/mol. The molecule has 3 atom stereocenters. The van der Waals surface area contributed by atoms with Gasteiger partial charge in [-0.1, -0.05) is 37.8 Å². The van der Waals surface area contributed by atoms with Crippen LogP contribution in [0.2, 0.25) is 4.34 Å². The van der Waals surface area contributed by atoms with Gasteiger partial charge in [0.15, 0.2) is 0 Å². The molecule has 1 heterocycles. The van der Waals surface area contributed by atoms with E-state index in [-0.39, 0.29) is 0 Å². The summed E-state index contributed by atoms with van der Waals surface area (Å²) >= 11 is 7.69. The fourth-order valence-corrected chi connectivity index (χ4v) is 3.95. The van der Waals surface area contributed by atoms with Crippen molar-refractivity contribution in [2.75, 3.05) is 0 Å². The zero-order valence-electron chi connectivity index (χ0n) is 10.7. The van der Waals surface area contributed by atoms with E-state index in [0.717, 1.165) is 10.3 Å². The molecule has 0 bridgehead atoms. The molecule has 2 rings (SSSR count). The second kappa shape index (κ2) is 6.21. The Labute approximate surface area is 114 Å². The van der Waals surface area contributed by atoms with E-state index in [0.29, 0.717) is 12.1 Å². The van der Waals surface area contributed by atoms with E-state index < -0.39 is 0 Å². The maximum Gasteiger partial charge on any atom is 0.0931 e. The lowest BCUT2D eigenvalue weighted by Gasteiger charge is -2.33. The first-order valence-electron chi connectivity index (χ1n) is 6.72. The summed E-state index contributed by atoms with van der Waals surface area (Å²) in [5.41, 5.74) is 0. The second-order valence-corrected chi connectivity index (χ2v) is 6.84. The van der Waals surface area contributed by atoms with Crippen LogP contribution >= 0.6 is 22.9 Å². The molecular weight excluding hydrogens is 250 g/mol. The van der Waals surface area contributed by atoms with Gasteiger partial charge in [0.2, 0.25) is 0 Å². The lowest BCUT2D eigenvalue weighted by atomic mass is 9.82. The molecule has 0 radical (unpaired) electrons. The summed E-state index contributed by atoms with van der Waals surface area (Å²) in [4.78, 5) is 1.36. The van der Waals surface area contributed by atoms with Crippen molar-refractivity contribution in [1.29, 1.82) is 0 Å². The second-order valence-electron chi connectivity index (χ2n) is 5.09. The summed E-state index contributed by atoms with van der Waals surface area (Å²) in [6.45, 7) is 4.57. The number of hydrogen-bond donors (Lipinski definition) is 1. The first-order chi connectivity index (χ1) is 8.20. The Morgan fingerprint density at radius 2 is 2.18 bits per heavy atom. The molecule has 0 amide bonds. The summed E-state index contributed by atoms with van der Waals surface area (Å²) in [6, 6.07) is 5.28. The molecular formula is C14H22ClNS. The molecule has 0 aliphatic heterocycles. The van der Waals surface area contributed by atoms with Crippen molar-refractivity contribution in [1.82, 2.24) is 5.32 Å². The third-order valence-corrected chi connectivity index (χ3v) is 5.33. The Kier molecular flexibility index (Phi) is 4.89. The predicted octanol–water partition coefficient (Wildman–Crippen LogP) is 5.02. The smallest absolute Gasteiger partial charge is 0.0931 e. The van der Waals surface area contributed by atoms with Crippen molar-refractivity contribution in [2.45, 2.75) is 58.0 Å². The number of hydrogen-bond acceptors (Lipinski definition) is 2. The highest BCUT2D eigenvalue weighted by Gasteiger charge is 2.25. The highest BCUT2D eigenvalue weighted by molar-refractivity contribution is 7.16. The third kappa shape index (κ3) is 3.46. The largest absolute Gasteiger partial charge is 0.306 e. The number of nitrogens with one attached hydrogen (secondary N) is 1. The van der Waals surface area contributed by atoms with Crippen molar-refractivity contribution < 1.29 is 0 Å². The zero-order valence-corrected chi connectivity index (χ0v) is 12.3. The van der Waals surface area contributed by atoms with Gasteiger partial charge in [0.25, 0.3) is 0 Å². The van der Waals surface area contributed by atoms with Crippen LogP contribution in [-0.2, 0) is 0 Å². The van der Waals surface area contributed by atoms with Crippen LogP contribution in [-0.4, -0.2) is 6.04 Å². The van der Waals surface area contributed by atoms with Gasteiger partial charge in [0, 0.05) is 17.0 Å². The highest BCUT2D eigenvalue weighted by atomic mass is 35.5. The molecule has 1 fully saturated rings. The van der Waals surface area contributed by atoms with Crippen LogP contribution < -0.4 is 5.32 Å². The summed E-state index contributed by atoms with van der Waals surface area (Å²) in [6.07, 6.45) is 6.83. The molecule has 1 aromatic rings. The van der Waals surface area contributed by atoms with Crippen LogP contribution in [0.15, 0.2) is 12.1 Å². The van der Waals surface area contributed by atoms with E-state index in [4.69, 9.17) is 11.6 Å².